The first-order valence-corrected chi connectivity index (χ1v) is 11.0. The number of nitrogens with zero attached hydrogens (tertiary/aromatic N) is 4. The summed E-state index contributed by atoms with van der Waals surface area (Å²) >= 11 is 0. The highest BCUT2D eigenvalue weighted by Gasteiger charge is 2.11. The van der Waals surface area contributed by atoms with Crippen LogP contribution in [0.25, 0.3) is 5.82 Å². The molecule has 0 aliphatic rings. The van der Waals surface area contributed by atoms with Crippen molar-refractivity contribution in [3.8, 4) is 23.2 Å². The molecule has 158 valence electrons. The van der Waals surface area contributed by atoms with Crippen LogP contribution >= 0.6 is 0 Å². The van der Waals surface area contributed by atoms with Crippen LogP contribution in [0.1, 0.15) is 0 Å². The summed E-state index contributed by atoms with van der Waals surface area (Å²) in [6, 6.07) is 17.3. The molecule has 4 rings (SSSR count). The zero-order valence-electron chi connectivity index (χ0n) is 16.3. The standard InChI is InChI=1S/C21H19N5O4S/c27-31(28,13-12-29-18-4-2-1-3-5-18)25-17-6-8-19(9-7-17)30-21-14-20(23-15-24-21)26-11-10-22-16-26/h1-11,14-16,25H,12-13H2. The number of rotatable bonds is 9. The Morgan fingerprint density at radius 2 is 1.77 bits per heavy atom. The Morgan fingerprint density at radius 1 is 0.968 bits per heavy atom. The summed E-state index contributed by atoms with van der Waals surface area (Å²) in [4.78, 5) is 12.2. The van der Waals surface area contributed by atoms with Gasteiger partial charge in [-0.25, -0.2) is 23.4 Å². The largest absolute Gasteiger partial charge is 0.492 e. The van der Waals surface area contributed by atoms with Gasteiger partial charge in [0.2, 0.25) is 15.9 Å². The number of hydrogen-bond acceptors (Lipinski definition) is 7. The quantitative estimate of drug-likeness (QED) is 0.428. The van der Waals surface area contributed by atoms with E-state index in [1.54, 1.807) is 65.8 Å². The van der Waals surface area contributed by atoms with Gasteiger partial charge in [-0.2, -0.15) is 0 Å². The van der Waals surface area contributed by atoms with Crippen molar-refractivity contribution < 1.29 is 17.9 Å². The summed E-state index contributed by atoms with van der Waals surface area (Å²) in [7, 11) is -3.55. The molecule has 0 aliphatic carbocycles. The Bertz CT molecular complexity index is 1210. The molecule has 0 saturated heterocycles. The number of aromatic nitrogens is 4. The maximum absolute atomic E-state index is 12.3. The van der Waals surface area contributed by atoms with E-state index in [4.69, 9.17) is 9.47 Å². The number of benzene rings is 2. The molecule has 0 atom stereocenters. The lowest BCUT2D eigenvalue weighted by molar-refractivity contribution is 0.341. The summed E-state index contributed by atoms with van der Waals surface area (Å²) in [5.74, 6) is 1.93. The normalized spacial score (nSPS) is 11.1. The van der Waals surface area contributed by atoms with E-state index in [0.717, 1.165) is 0 Å². The molecule has 0 unspecified atom stereocenters. The number of hydrogen-bond donors (Lipinski definition) is 1. The average Bonchev–Trinajstić information content (AvgIpc) is 3.31. The lowest BCUT2D eigenvalue weighted by Gasteiger charge is -2.10. The van der Waals surface area contributed by atoms with Crippen LogP contribution in [0.5, 0.6) is 17.4 Å². The van der Waals surface area contributed by atoms with Crippen LogP contribution in [-0.4, -0.2) is 40.3 Å². The number of imidazole rings is 1. The molecule has 0 amide bonds. The van der Waals surface area contributed by atoms with E-state index in [1.807, 2.05) is 18.2 Å². The summed E-state index contributed by atoms with van der Waals surface area (Å²) in [5, 5.41) is 0. The monoisotopic (exact) mass is 437 g/mol. The first-order chi connectivity index (χ1) is 15.1. The minimum Gasteiger partial charge on any atom is -0.492 e. The van der Waals surface area contributed by atoms with E-state index in [2.05, 4.69) is 19.7 Å². The molecule has 0 aliphatic heterocycles. The number of sulfonamides is 1. The van der Waals surface area contributed by atoms with Gasteiger partial charge in [0.25, 0.3) is 0 Å². The summed E-state index contributed by atoms with van der Waals surface area (Å²) in [6.07, 6.45) is 6.43. The van der Waals surface area contributed by atoms with Crippen molar-refractivity contribution >= 4 is 15.7 Å². The summed E-state index contributed by atoms with van der Waals surface area (Å²) in [6.45, 7) is 0.0491. The van der Waals surface area contributed by atoms with Gasteiger partial charge < -0.3 is 9.47 Å². The van der Waals surface area contributed by atoms with E-state index >= 15 is 0 Å². The van der Waals surface area contributed by atoms with Gasteiger partial charge in [-0.05, 0) is 36.4 Å². The van der Waals surface area contributed by atoms with E-state index in [0.29, 0.717) is 28.9 Å². The Hall–Kier alpha value is -3.92. The molecule has 1 N–H and O–H groups in total. The van der Waals surface area contributed by atoms with Crippen LogP contribution in [0.15, 0.2) is 85.7 Å². The van der Waals surface area contributed by atoms with Gasteiger partial charge in [-0.3, -0.25) is 9.29 Å². The molecular formula is C21H19N5O4S. The molecule has 0 saturated carbocycles. The maximum atomic E-state index is 12.3. The molecule has 2 heterocycles. The van der Waals surface area contributed by atoms with Gasteiger partial charge in [-0.15, -0.1) is 0 Å². The molecule has 9 nitrogen and oxygen atoms in total. The fourth-order valence-corrected chi connectivity index (χ4v) is 3.55. The average molecular weight is 437 g/mol. The zero-order chi connectivity index (χ0) is 21.5. The second kappa shape index (κ2) is 9.26. The Morgan fingerprint density at radius 3 is 2.52 bits per heavy atom. The Kier molecular flexibility index (Phi) is 6.08. The van der Waals surface area contributed by atoms with Crippen LogP contribution in [0, 0.1) is 0 Å². The molecule has 0 radical (unpaired) electrons. The fourth-order valence-electron chi connectivity index (χ4n) is 2.65. The van der Waals surface area contributed by atoms with Gasteiger partial charge in [0, 0.05) is 24.1 Å². The third-order valence-electron chi connectivity index (χ3n) is 4.11. The molecular weight excluding hydrogens is 418 g/mol. The minimum atomic E-state index is -3.55. The second-order valence-corrected chi connectivity index (χ2v) is 8.24. The van der Waals surface area contributed by atoms with Crippen molar-refractivity contribution in [1.29, 1.82) is 0 Å². The second-order valence-electron chi connectivity index (χ2n) is 6.39. The van der Waals surface area contributed by atoms with Gasteiger partial charge >= 0.3 is 0 Å². The molecule has 2 aromatic heterocycles. The van der Waals surface area contributed by atoms with E-state index in [1.165, 1.54) is 6.33 Å². The first kappa shape index (κ1) is 20.4. The Labute approximate surface area is 179 Å². The minimum absolute atomic E-state index is 0.0491. The highest BCUT2D eigenvalue weighted by Crippen LogP contribution is 2.23. The highest BCUT2D eigenvalue weighted by molar-refractivity contribution is 7.92. The lowest BCUT2D eigenvalue weighted by Crippen LogP contribution is -2.21. The van der Waals surface area contributed by atoms with Crippen molar-refractivity contribution in [3.63, 3.8) is 0 Å². The number of ether oxygens (including phenoxy) is 2. The van der Waals surface area contributed by atoms with Crippen molar-refractivity contribution in [3.05, 3.63) is 85.7 Å². The van der Waals surface area contributed by atoms with Gasteiger partial charge in [-0.1, -0.05) is 18.2 Å². The number of para-hydroxylation sites is 1. The van der Waals surface area contributed by atoms with Gasteiger partial charge in [0.1, 0.15) is 42.3 Å². The lowest BCUT2D eigenvalue weighted by atomic mass is 10.3. The third kappa shape index (κ3) is 5.80. The predicted octanol–water partition coefficient (Wildman–Crippen LogP) is 3.28. The van der Waals surface area contributed by atoms with Crippen molar-refractivity contribution in [2.45, 2.75) is 0 Å². The van der Waals surface area contributed by atoms with Crippen molar-refractivity contribution in [2.75, 3.05) is 17.1 Å². The van der Waals surface area contributed by atoms with Crippen LogP contribution in [-0.2, 0) is 10.0 Å². The number of anilines is 1. The van der Waals surface area contributed by atoms with Crippen LogP contribution in [0.4, 0.5) is 5.69 Å². The molecule has 10 heteroatoms. The van der Waals surface area contributed by atoms with Gasteiger partial charge in [0.05, 0.1) is 0 Å². The number of nitrogens with one attached hydrogen (secondary N) is 1. The fraction of sp³-hybridized carbons (Fsp3) is 0.0952. The van der Waals surface area contributed by atoms with Crippen LogP contribution in [0.3, 0.4) is 0 Å². The predicted molar refractivity (Wildman–Crippen MR) is 115 cm³/mol. The van der Waals surface area contributed by atoms with Crippen LogP contribution in [0.2, 0.25) is 0 Å². The molecule has 2 aromatic carbocycles. The van der Waals surface area contributed by atoms with Crippen LogP contribution < -0.4 is 14.2 Å². The summed E-state index contributed by atoms with van der Waals surface area (Å²) in [5.41, 5.74) is 0.425. The zero-order valence-corrected chi connectivity index (χ0v) is 17.1. The highest BCUT2D eigenvalue weighted by atomic mass is 32.2. The van der Waals surface area contributed by atoms with Crippen molar-refractivity contribution in [1.82, 2.24) is 19.5 Å². The molecule has 0 spiro atoms. The smallest absolute Gasteiger partial charge is 0.236 e. The molecule has 0 bridgehead atoms. The molecule has 0 fully saturated rings. The third-order valence-corrected chi connectivity index (χ3v) is 5.36. The Balaban J connectivity index is 1.33. The summed E-state index contributed by atoms with van der Waals surface area (Å²) < 4.78 is 40.0. The van der Waals surface area contributed by atoms with Gasteiger partial charge in [0.15, 0.2) is 0 Å². The molecule has 31 heavy (non-hydrogen) atoms. The van der Waals surface area contributed by atoms with E-state index in [-0.39, 0.29) is 12.4 Å². The van der Waals surface area contributed by atoms with Crippen molar-refractivity contribution in [2.24, 2.45) is 0 Å². The first-order valence-electron chi connectivity index (χ1n) is 9.34. The molecule has 4 aromatic rings. The van der Waals surface area contributed by atoms with E-state index in [9.17, 15) is 8.42 Å². The SMILES string of the molecule is O=S(=O)(CCOc1ccccc1)Nc1ccc(Oc2cc(-n3ccnc3)ncn2)cc1. The maximum Gasteiger partial charge on any atom is 0.236 e. The van der Waals surface area contributed by atoms with E-state index < -0.39 is 10.0 Å². The topological polar surface area (TPSA) is 108 Å².